The van der Waals surface area contributed by atoms with Gasteiger partial charge in [0.1, 0.15) is 0 Å². The van der Waals surface area contributed by atoms with Crippen LogP contribution in [-0.4, -0.2) is 29.6 Å². The number of nitrogens with one attached hydrogen (secondary N) is 1. The monoisotopic (exact) mass is 192 g/mol. The van der Waals surface area contributed by atoms with Crippen LogP contribution in [0, 0.1) is 0 Å². The van der Waals surface area contributed by atoms with E-state index in [1.165, 1.54) is 11.3 Å². The van der Waals surface area contributed by atoms with Crippen LogP contribution in [0.4, 0.5) is 0 Å². The van der Waals surface area contributed by atoms with Gasteiger partial charge in [0.2, 0.25) is 0 Å². The van der Waals surface area contributed by atoms with E-state index in [2.05, 4.69) is 43.6 Å². The highest BCUT2D eigenvalue weighted by Crippen LogP contribution is 2.35. The van der Waals surface area contributed by atoms with E-state index in [1.54, 1.807) is 0 Å². The molecule has 1 N–H and O–H groups in total. The second-order valence-corrected chi connectivity index (χ2v) is 4.88. The fraction of sp³-hybridized carbons (Fsp3) is 0.667. The highest BCUT2D eigenvalue weighted by atomic mass is 15.3. The second-order valence-electron chi connectivity index (χ2n) is 4.88. The van der Waals surface area contributed by atoms with Crippen LogP contribution in [-0.2, 0) is 0 Å². The quantitative estimate of drug-likeness (QED) is 0.590. The van der Waals surface area contributed by atoms with Crippen molar-refractivity contribution in [1.82, 2.24) is 10.2 Å². The highest BCUT2D eigenvalue weighted by molar-refractivity contribution is 5.25. The van der Waals surface area contributed by atoms with Crippen molar-refractivity contribution in [3.8, 4) is 0 Å². The average Bonchev–Trinajstić information content (AvgIpc) is 2.47. The molecular weight excluding hydrogens is 172 g/mol. The number of hydrogen-bond acceptors (Lipinski definition) is 2. The van der Waals surface area contributed by atoms with Gasteiger partial charge in [-0.1, -0.05) is 18.2 Å². The predicted molar refractivity (Wildman–Crippen MR) is 60.1 cm³/mol. The minimum atomic E-state index is 0.150. The van der Waals surface area contributed by atoms with Crippen molar-refractivity contribution in [2.45, 2.75) is 38.8 Å². The van der Waals surface area contributed by atoms with E-state index in [4.69, 9.17) is 0 Å². The van der Waals surface area contributed by atoms with Crippen LogP contribution in [0.3, 0.4) is 0 Å². The van der Waals surface area contributed by atoms with Crippen molar-refractivity contribution >= 4 is 0 Å². The Kier molecular flexibility index (Phi) is 2.18. The first-order valence-corrected chi connectivity index (χ1v) is 5.39. The Hall–Kier alpha value is -0.760. The molecule has 2 aliphatic rings. The topological polar surface area (TPSA) is 15.3 Å². The van der Waals surface area contributed by atoms with Gasteiger partial charge in [-0.15, -0.1) is 0 Å². The minimum Gasteiger partial charge on any atom is -0.386 e. The minimum absolute atomic E-state index is 0.150. The maximum atomic E-state index is 4.11. The first kappa shape index (κ1) is 9.78. The molecule has 0 unspecified atom stereocenters. The summed E-state index contributed by atoms with van der Waals surface area (Å²) in [6.07, 6.45) is 3.35. The molecule has 14 heavy (non-hydrogen) atoms. The molecule has 0 amide bonds. The zero-order valence-corrected chi connectivity index (χ0v) is 9.43. The second kappa shape index (κ2) is 3.13. The lowest BCUT2D eigenvalue weighted by molar-refractivity contribution is 0.103. The summed E-state index contributed by atoms with van der Waals surface area (Å²) >= 11 is 0. The Balaban J connectivity index is 2.29. The zero-order chi connectivity index (χ0) is 10.3. The number of fused-ring (bicyclic) bond motifs is 1. The molecule has 0 aromatic rings. The predicted octanol–water partition coefficient (Wildman–Crippen LogP) is 1.90. The van der Waals surface area contributed by atoms with Crippen LogP contribution in [0.1, 0.15) is 27.2 Å². The number of hydrogen-bond donors (Lipinski definition) is 1. The summed E-state index contributed by atoms with van der Waals surface area (Å²) in [5.41, 5.74) is 2.88. The fourth-order valence-corrected chi connectivity index (χ4v) is 2.77. The maximum Gasteiger partial charge on any atom is 0.0554 e. The molecule has 0 aromatic heterocycles. The smallest absolute Gasteiger partial charge is 0.0554 e. The van der Waals surface area contributed by atoms with E-state index in [1.807, 2.05) is 0 Å². The third-order valence-electron chi connectivity index (χ3n) is 3.55. The standard InChI is InChI=1S/C12H20N2/c1-5-11-12(3,4)14-8-9(2)6-10(14)7-13-11/h5,10,13H,2,6-8H2,1,3-4H3/b11-5+/t10-/m0/s1. The van der Waals surface area contributed by atoms with Gasteiger partial charge in [-0.05, 0) is 27.2 Å². The highest BCUT2D eigenvalue weighted by Gasteiger charge is 2.42. The molecule has 0 radical (unpaired) electrons. The fourth-order valence-electron chi connectivity index (χ4n) is 2.77. The summed E-state index contributed by atoms with van der Waals surface area (Å²) < 4.78 is 0. The van der Waals surface area contributed by atoms with Crippen molar-refractivity contribution in [1.29, 1.82) is 0 Å². The van der Waals surface area contributed by atoms with E-state index in [0.29, 0.717) is 6.04 Å². The van der Waals surface area contributed by atoms with Gasteiger partial charge in [0.25, 0.3) is 0 Å². The Bertz CT molecular complexity index is 289. The lowest BCUT2D eigenvalue weighted by atomic mass is 9.93. The molecule has 0 saturated carbocycles. The Labute approximate surface area is 86.7 Å². The SMILES string of the molecule is C=C1C[C@H]2CN/C(=C/C)C(C)(C)N2C1. The lowest BCUT2D eigenvalue weighted by Gasteiger charge is -2.46. The summed E-state index contributed by atoms with van der Waals surface area (Å²) in [5.74, 6) is 0. The van der Waals surface area contributed by atoms with Gasteiger partial charge in [-0.2, -0.15) is 0 Å². The molecule has 2 saturated heterocycles. The normalized spacial score (nSPS) is 34.4. The van der Waals surface area contributed by atoms with Crippen LogP contribution in [0.5, 0.6) is 0 Å². The third kappa shape index (κ3) is 1.29. The van der Waals surface area contributed by atoms with Crippen molar-refractivity contribution in [3.63, 3.8) is 0 Å². The molecule has 1 atom stereocenters. The molecule has 2 fully saturated rings. The molecule has 0 aliphatic carbocycles. The number of nitrogens with zero attached hydrogens (tertiary/aromatic N) is 1. The Morgan fingerprint density at radius 3 is 2.93 bits per heavy atom. The summed E-state index contributed by atoms with van der Waals surface area (Å²) in [7, 11) is 0. The van der Waals surface area contributed by atoms with Gasteiger partial charge in [-0.3, -0.25) is 4.90 Å². The molecule has 78 valence electrons. The molecular formula is C12H20N2. The summed E-state index contributed by atoms with van der Waals surface area (Å²) in [5, 5.41) is 3.53. The molecule has 2 aliphatic heterocycles. The molecule has 0 bridgehead atoms. The number of allylic oxidation sites excluding steroid dienone is 1. The Morgan fingerprint density at radius 1 is 1.57 bits per heavy atom. The first-order valence-electron chi connectivity index (χ1n) is 5.39. The van der Waals surface area contributed by atoms with Gasteiger partial charge >= 0.3 is 0 Å². The summed E-state index contributed by atoms with van der Waals surface area (Å²) in [6, 6.07) is 0.654. The van der Waals surface area contributed by atoms with Crippen molar-refractivity contribution in [2.75, 3.05) is 13.1 Å². The van der Waals surface area contributed by atoms with Crippen molar-refractivity contribution in [2.24, 2.45) is 0 Å². The molecule has 2 heteroatoms. The van der Waals surface area contributed by atoms with Gasteiger partial charge in [0, 0.05) is 24.8 Å². The van der Waals surface area contributed by atoms with Crippen LogP contribution in [0.15, 0.2) is 23.9 Å². The Morgan fingerprint density at radius 2 is 2.29 bits per heavy atom. The molecule has 2 rings (SSSR count). The lowest BCUT2D eigenvalue weighted by Crippen LogP contribution is -2.58. The van der Waals surface area contributed by atoms with Gasteiger partial charge < -0.3 is 5.32 Å². The van der Waals surface area contributed by atoms with E-state index < -0.39 is 0 Å². The number of piperazine rings is 1. The van der Waals surface area contributed by atoms with Crippen molar-refractivity contribution < 1.29 is 0 Å². The van der Waals surface area contributed by atoms with Gasteiger partial charge in [0.05, 0.1) is 5.54 Å². The zero-order valence-electron chi connectivity index (χ0n) is 9.43. The summed E-state index contributed by atoms with van der Waals surface area (Å²) in [4.78, 5) is 2.57. The van der Waals surface area contributed by atoms with E-state index in [9.17, 15) is 0 Å². The van der Waals surface area contributed by atoms with Crippen molar-refractivity contribution in [3.05, 3.63) is 23.9 Å². The van der Waals surface area contributed by atoms with Crippen LogP contribution in [0.25, 0.3) is 0 Å². The summed E-state index contributed by atoms with van der Waals surface area (Å²) in [6.45, 7) is 12.9. The molecule has 2 heterocycles. The maximum absolute atomic E-state index is 4.11. The third-order valence-corrected chi connectivity index (χ3v) is 3.55. The van der Waals surface area contributed by atoms with Crippen LogP contribution in [0.2, 0.25) is 0 Å². The number of rotatable bonds is 0. The molecule has 2 nitrogen and oxygen atoms in total. The van der Waals surface area contributed by atoms with Crippen LogP contribution < -0.4 is 5.32 Å². The molecule has 0 aromatic carbocycles. The van der Waals surface area contributed by atoms with Gasteiger partial charge in [-0.25, -0.2) is 0 Å². The van der Waals surface area contributed by atoms with E-state index in [-0.39, 0.29) is 5.54 Å². The first-order chi connectivity index (χ1) is 6.55. The molecule has 0 spiro atoms. The van der Waals surface area contributed by atoms with Crippen LogP contribution >= 0.6 is 0 Å². The van der Waals surface area contributed by atoms with E-state index >= 15 is 0 Å². The van der Waals surface area contributed by atoms with E-state index in [0.717, 1.165) is 19.5 Å². The average molecular weight is 192 g/mol. The largest absolute Gasteiger partial charge is 0.386 e. The van der Waals surface area contributed by atoms with Gasteiger partial charge in [0.15, 0.2) is 0 Å².